The lowest BCUT2D eigenvalue weighted by molar-refractivity contribution is 0.121. The zero-order valence-electron chi connectivity index (χ0n) is 17.6. The SMILES string of the molecule is CNS(=O)(=O)Nc1ccc(-c2nnn(C)c2NC(=O)O[C@H](C)c2cccnc2Cl)nc1C. The van der Waals surface area contributed by atoms with Crippen LogP contribution >= 0.6 is 11.6 Å². The van der Waals surface area contributed by atoms with Gasteiger partial charge in [-0.2, -0.15) is 8.42 Å². The summed E-state index contributed by atoms with van der Waals surface area (Å²) < 4.78 is 34.7. The van der Waals surface area contributed by atoms with Crippen LogP contribution in [0.3, 0.4) is 0 Å². The molecule has 14 heteroatoms. The van der Waals surface area contributed by atoms with Crippen LogP contribution in [0.25, 0.3) is 11.4 Å². The monoisotopic (exact) mass is 480 g/mol. The normalized spacial score (nSPS) is 12.3. The average Bonchev–Trinajstić information content (AvgIpc) is 3.09. The third kappa shape index (κ3) is 5.30. The number of rotatable bonds is 7. The topological polar surface area (TPSA) is 153 Å². The molecule has 0 aliphatic heterocycles. The van der Waals surface area contributed by atoms with E-state index in [9.17, 15) is 13.2 Å². The first-order valence-electron chi connectivity index (χ1n) is 9.28. The highest BCUT2D eigenvalue weighted by atomic mass is 35.5. The highest BCUT2D eigenvalue weighted by Crippen LogP contribution is 2.27. The van der Waals surface area contributed by atoms with Crippen molar-refractivity contribution < 1.29 is 17.9 Å². The number of aryl methyl sites for hydroxylation is 2. The number of carbonyl (C=O) groups is 1. The molecule has 1 atom stereocenters. The van der Waals surface area contributed by atoms with Crippen molar-refractivity contribution in [3.05, 3.63) is 46.9 Å². The van der Waals surface area contributed by atoms with Gasteiger partial charge >= 0.3 is 6.09 Å². The fraction of sp³-hybridized carbons (Fsp3) is 0.278. The van der Waals surface area contributed by atoms with Crippen molar-refractivity contribution in [2.75, 3.05) is 17.1 Å². The van der Waals surface area contributed by atoms with Crippen molar-refractivity contribution in [2.45, 2.75) is 20.0 Å². The van der Waals surface area contributed by atoms with E-state index in [1.165, 1.54) is 24.0 Å². The molecule has 12 nitrogen and oxygen atoms in total. The van der Waals surface area contributed by atoms with E-state index in [1.807, 2.05) is 0 Å². The molecule has 0 aliphatic rings. The molecule has 0 saturated heterocycles. The largest absolute Gasteiger partial charge is 0.441 e. The lowest BCUT2D eigenvalue weighted by Crippen LogP contribution is -2.26. The third-order valence-corrected chi connectivity index (χ3v) is 5.74. The quantitative estimate of drug-likeness (QED) is 0.436. The highest BCUT2D eigenvalue weighted by Gasteiger charge is 2.21. The zero-order chi connectivity index (χ0) is 23.5. The molecule has 1 amide bonds. The predicted octanol–water partition coefficient (Wildman–Crippen LogP) is 2.42. The first-order valence-corrected chi connectivity index (χ1v) is 11.1. The van der Waals surface area contributed by atoms with Crippen LogP contribution in [0.15, 0.2) is 30.5 Å². The summed E-state index contributed by atoms with van der Waals surface area (Å²) in [6.07, 6.45) is 0.135. The lowest BCUT2D eigenvalue weighted by Gasteiger charge is -2.15. The van der Waals surface area contributed by atoms with Gasteiger partial charge in [0.2, 0.25) is 0 Å². The first kappa shape index (κ1) is 23.4. The number of pyridine rings is 2. The molecule has 170 valence electrons. The molecule has 3 rings (SSSR count). The van der Waals surface area contributed by atoms with Crippen molar-refractivity contribution in [1.29, 1.82) is 0 Å². The van der Waals surface area contributed by atoms with E-state index in [-0.39, 0.29) is 16.7 Å². The average molecular weight is 481 g/mol. The molecule has 3 aromatic rings. The van der Waals surface area contributed by atoms with E-state index in [1.54, 1.807) is 39.1 Å². The first-order chi connectivity index (χ1) is 15.1. The van der Waals surface area contributed by atoms with Crippen molar-refractivity contribution in [1.82, 2.24) is 29.7 Å². The van der Waals surface area contributed by atoms with Gasteiger partial charge in [0.05, 0.1) is 17.1 Å². The molecule has 32 heavy (non-hydrogen) atoms. The molecule has 0 saturated carbocycles. The van der Waals surface area contributed by atoms with Crippen LogP contribution in [0, 0.1) is 6.92 Å². The van der Waals surface area contributed by atoms with Crippen LogP contribution in [0.4, 0.5) is 16.3 Å². The van der Waals surface area contributed by atoms with Crippen molar-refractivity contribution in [3.63, 3.8) is 0 Å². The van der Waals surface area contributed by atoms with E-state index in [0.717, 1.165) is 0 Å². The van der Waals surface area contributed by atoms with E-state index < -0.39 is 22.4 Å². The van der Waals surface area contributed by atoms with Gasteiger partial charge < -0.3 is 4.74 Å². The molecular formula is C18H21ClN8O4S. The van der Waals surface area contributed by atoms with Gasteiger partial charge in [-0.05, 0) is 32.0 Å². The van der Waals surface area contributed by atoms with Crippen molar-refractivity contribution in [2.24, 2.45) is 7.05 Å². The summed E-state index contributed by atoms with van der Waals surface area (Å²) in [5, 5.41) is 10.8. The Kier molecular flexibility index (Phi) is 6.91. The number of ether oxygens (including phenoxy) is 1. The summed E-state index contributed by atoms with van der Waals surface area (Å²) >= 11 is 6.05. The second-order valence-electron chi connectivity index (χ2n) is 6.61. The molecule has 3 aromatic heterocycles. The van der Waals surface area contributed by atoms with E-state index >= 15 is 0 Å². The molecule has 0 bridgehead atoms. The van der Waals surface area contributed by atoms with Crippen molar-refractivity contribution in [3.8, 4) is 11.4 Å². The maximum atomic E-state index is 12.5. The second kappa shape index (κ2) is 9.46. The van der Waals surface area contributed by atoms with E-state index in [4.69, 9.17) is 16.3 Å². The minimum absolute atomic E-state index is 0.240. The fourth-order valence-electron chi connectivity index (χ4n) is 2.72. The van der Waals surface area contributed by atoms with Gasteiger partial charge in [0.1, 0.15) is 11.3 Å². The van der Waals surface area contributed by atoms with Gasteiger partial charge in [-0.3, -0.25) is 10.0 Å². The number of aromatic nitrogens is 5. The number of anilines is 2. The summed E-state index contributed by atoms with van der Waals surface area (Å²) in [5.74, 6) is 0.245. The molecule has 0 unspecified atom stereocenters. The fourth-order valence-corrected chi connectivity index (χ4v) is 3.60. The number of hydrogen-bond acceptors (Lipinski definition) is 8. The summed E-state index contributed by atoms with van der Waals surface area (Å²) in [6.45, 7) is 3.30. The van der Waals surface area contributed by atoms with Crippen LogP contribution in [0.1, 0.15) is 24.3 Å². The van der Waals surface area contributed by atoms with Crippen LogP contribution in [-0.4, -0.2) is 46.5 Å². The predicted molar refractivity (Wildman–Crippen MR) is 118 cm³/mol. The van der Waals surface area contributed by atoms with Gasteiger partial charge in [-0.1, -0.05) is 22.9 Å². The summed E-state index contributed by atoms with van der Waals surface area (Å²) in [4.78, 5) is 20.8. The Morgan fingerprint density at radius 1 is 1.28 bits per heavy atom. The van der Waals surface area contributed by atoms with Gasteiger partial charge in [0.25, 0.3) is 10.2 Å². The van der Waals surface area contributed by atoms with Gasteiger partial charge in [-0.25, -0.2) is 24.2 Å². The number of nitrogens with zero attached hydrogens (tertiary/aromatic N) is 5. The van der Waals surface area contributed by atoms with Gasteiger partial charge in [0.15, 0.2) is 11.5 Å². The van der Waals surface area contributed by atoms with Crippen LogP contribution in [0.2, 0.25) is 5.15 Å². The number of amides is 1. The molecule has 0 aliphatic carbocycles. The number of nitrogens with one attached hydrogen (secondary N) is 3. The third-order valence-electron chi connectivity index (χ3n) is 4.40. The Bertz CT molecular complexity index is 1250. The molecule has 0 aromatic carbocycles. The maximum Gasteiger partial charge on any atom is 0.413 e. The van der Waals surface area contributed by atoms with E-state index in [2.05, 4.69) is 35.0 Å². The molecule has 3 heterocycles. The van der Waals surface area contributed by atoms with Gasteiger partial charge in [-0.15, -0.1) is 5.10 Å². The van der Waals surface area contributed by atoms with Gasteiger partial charge in [0, 0.05) is 25.9 Å². The van der Waals surface area contributed by atoms with E-state index in [0.29, 0.717) is 22.6 Å². The van der Waals surface area contributed by atoms with Crippen LogP contribution in [-0.2, 0) is 22.0 Å². The molecule has 0 radical (unpaired) electrons. The zero-order valence-corrected chi connectivity index (χ0v) is 19.2. The Morgan fingerprint density at radius 3 is 2.69 bits per heavy atom. The number of hydrogen-bond donors (Lipinski definition) is 3. The summed E-state index contributed by atoms with van der Waals surface area (Å²) in [7, 11) is -0.806. The Balaban J connectivity index is 1.80. The molecule has 3 N–H and O–H groups in total. The van der Waals surface area contributed by atoms with Crippen LogP contribution < -0.4 is 14.8 Å². The molecule has 0 spiro atoms. The number of halogens is 1. The summed E-state index contributed by atoms with van der Waals surface area (Å²) in [5.41, 5.74) is 1.91. The van der Waals surface area contributed by atoms with Crippen molar-refractivity contribution >= 4 is 39.4 Å². The minimum atomic E-state index is -3.69. The Labute approximate surface area is 189 Å². The second-order valence-corrected chi connectivity index (χ2v) is 8.58. The lowest BCUT2D eigenvalue weighted by atomic mass is 10.2. The minimum Gasteiger partial charge on any atom is -0.441 e. The summed E-state index contributed by atoms with van der Waals surface area (Å²) in [6, 6.07) is 6.49. The molecule has 0 fully saturated rings. The molecular weight excluding hydrogens is 460 g/mol. The Hall–Kier alpha value is -3.29. The standard InChI is InChI=1S/C18H21ClN8O4S/c1-10-13(25-32(29,30)20-3)7-8-14(22-10)15-17(27(4)26-24-15)23-18(28)31-11(2)12-6-5-9-21-16(12)19/h5-9,11,20,25H,1-4H3,(H,23,28)/t11-/m1/s1. The van der Waals surface area contributed by atoms with Crippen LogP contribution in [0.5, 0.6) is 0 Å². The smallest absolute Gasteiger partial charge is 0.413 e. The Morgan fingerprint density at radius 2 is 2.03 bits per heavy atom. The highest BCUT2D eigenvalue weighted by molar-refractivity contribution is 7.90. The maximum absolute atomic E-state index is 12.5. The number of carbonyl (C=O) groups excluding carboxylic acids is 1.